The Hall–Kier alpha value is -2.84. The largest absolute Gasteiger partial charge is 0.360 e. The SMILES string of the molecule is CCCCCCCNC(=O)c1c[nH]c2ccc(S(=O)(=O)N(C)c3ccc(Cl)cc3)cc2c1=O. The fourth-order valence-electron chi connectivity index (χ4n) is 3.50. The summed E-state index contributed by atoms with van der Waals surface area (Å²) < 4.78 is 27.4. The molecule has 176 valence electrons. The number of nitrogens with zero attached hydrogens (tertiary/aromatic N) is 1. The maximum atomic E-state index is 13.1. The first kappa shape index (κ1) is 24.8. The van der Waals surface area contributed by atoms with E-state index in [1.807, 2.05) is 0 Å². The van der Waals surface area contributed by atoms with Gasteiger partial charge in [-0.1, -0.05) is 44.2 Å². The van der Waals surface area contributed by atoms with Crippen molar-refractivity contribution in [2.75, 3.05) is 17.9 Å². The molecule has 3 rings (SSSR count). The molecule has 2 N–H and O–H groups in total. The molecule has 1 amide bonds. The highest BCUT2D eigenvalue weighted by molar-refractivity contribution is 7.92. The predicted molar refractivity (Wildman–Crippen MR) is 133 cm³/mol. The summed E-state index contributed by atoms with van der Waals surface area (Å²) in [6, 6.07) is 10.6. The number of pyridine rings is 1. The van der Waals surface area contributed by atoms with Gasteiger partial charge in [-0.05, 0) is 48.9 Å². The van der Waals surface area contributed by atoms with Crippen molar-refractivity contribution in [2.45, 2.75) is 43.9 Å². The molecule has 0 fully saturated rings. The smallest absolute Gasteiger partial charge is 0.264 e. The van der Waals surface area contributed by atoms with Gasteiger partial charge in [0.1, 0.15) is 5.56 Å². The minimum Gasteiger partial charge on any atom is -0.360 e. The molecule has 2 aromatic carbocycles. The van der Waals surface area contributed by atoms with Gasteiger partial charge in [0.05, 0.1) is 10.6 Å². The molecular formula is C24H28ClN3O4S. The fraction of sp³-hybridized carbons (Fsp3) is 0.333. The number of rotatable bonds is 10. The quantitative estimate of drug-likeness (QED) is 0.403. The second-order valence-corrected chi connectivity index (χ2v) is 10.3. The standard InChI is InChI=1S/C24H28ClN3O4S/c1-3-4-5-6-7-14-26-24(30)21-16-27-22-13-12-19(15-20(22)23(21)29)33(31,32)28(2)18-10-8-17(25)9-11-18/h8-13,15-16H,3-7,14H2,1-2H3,(H,26,30)(H,27,29). The summed E-state index contributed by atoms with van der Waals surface area (Å²) in [4.78, 5) is 28.4. The third kappa shape index (κ3) is 5.75. The van der Waals surface area contributed by atoms with Crippen molar-refractivity contribution >= 4 is 44.1 Å². The molecule has 7 nitrogen and oxygen atoms in total. The molecule has 0 aliphatic carbocycles. The summed E-state index contributed by atoms with van der Waals surface area (Å²) in [5, 5.41) is 3.40. The number of fused-ring (bicyclic) bond motifs is 1. The Bertz CT molecular complexity index is 1290. The fourth-order valence-corrected chi connectivity index (χ4v) is 4.85. The van der Waals surface area contributed by atoms with Gasteiger partial charge in [-0.2, -0.15) is 0 Å². The lowest BCUT2D eigenvalue weighted by Crippen LogP contribution is -2.30. The van der Waals surface area contributed by atoms with Crippen molar-refractivity contribution in [2.24, 2.45) is 0 Å². The number of hydrogen-bond acceptors (Lipinski definition) is 4. The number of unbranched alkanes of at least 4 members (excludes halogenated alkanes) is 4. The number of hydrogen-bond donors (Lipinski definition) is 2. The van der Waals surface area contributed by atoms with Crippen molar-refractivity contribution in [3.63, 3.8) is 0 Å². The van der Waals surface area contributed by atoms with Crippen molar-refractivity contribution in [1.29, 1.82) is 0 Å². The van der Waals surface area contributed by atoms with E-state index in [4.69, 9.17) is 11.6 Å². The number of aromatic nitrogens is 1. The minimum absolute atomic E-state index is 0.0448. The third-order valence-corrected chi connectivity index (χ3v) is 7.54. The van der Waals surface area contributed by atoms with Crippen molar-refractivity contribution in [3.8, 4) is 0 Å². The van der Waals surface area contributed by atoms with E-state index < -0.39 is 21.4 Å². The molecule has 1 heterocycles. The Labute approximate surface area is 198 Å². The van der Waals surface area contributed by atoms with Gasteiger partial charge in [-0.15, -0.1) is 0 Å². The van der Waals surface area contributed by atoms with Crippen LogP contribution in [0.3, 0.4) is 0 Å². The molecular weight excluding hydrogens is 462 g/mol. The highest BCUT2D eigenvalue weighted by Gasteiger charge is 2.23. The van der Waals surface area contributed by atoms with Crippen LogP contribution in [0.15, 0.2) is 58.4 Å². The Morgan fingerprint density at radius 2 is 1.76 bits per heavy atom. The normalized spacial score (nSPS) is 11.5. The first-order chi connectivity index (χ1) is 15.8. The van der Waals surface area contributed by atoms with Crippen LogP contribution in [0.1, 0.15) is 49.4 Å². The van der Waals surface area contributed by atoms with E-state index >= 15 is 0 Å². The number of anilines is 1. The average Bonchev–Trinajstić information content (AvgIpc) is 2.81. The maximum Gasteiger partial charge on any atom is 0.264 e. The Morgan fingerprint density at radius 1 is 1.06 bits per heavy atom. The van der Waals surface area contributed by atoms with Gasteiger partial charge < -0.3 is 10.3 Å². The van der Waals surface area contributed by atoms with Gasteiger partial charge in [0.2, 0.25) is 5.43 Å². The van der Waals surface area contributed by atoms with Gasteiger partial charge in [0, 0.05) is 35.7 Å². The van der Waals surface area contributed by atoms with Gasteiger partial charge in [-0.25, -0.2) is 8.42 Å². The molecule has 0 radical (unpaired) electrons. The number of halogens is 1. The Kier molecular flexibility index (Phi) is 8.15. The van der Waals surface area contributed by atoms with Crippen molar-refractivity contribution in [3.05, 3.63) is 69.5 Å². The van der Waals surface area contributed by atoms with Crippen molar-refractivity contribution < 1.29 is 13.2 Å². The molecule has 0 saturated heterocycles. The lowest BCUT2D eigenvalue weighted by atomic mass is 10.1. The van der Waals surface area contributed by atoms with E-state index in [0.717, 1.165) is 36.4 Å². The summed E-state index contributed by atoms with van der Waals surface area (Å²) in [7, 11) is -2.51. The number of amides is 1. The zero-order valence-corrected chi connectivity index (χ0v) is 20.3. The summed E-state index contributed by atoms with van der Waals surface area (Å²) in [5.74, 6) is -0.472. The number of H-pyrrole nitrogens is 1. The number of nitrogens with one attached hydrogen (secondary N) is 2. The van der Waals surface area contributed by atoms with E-state index in [1.54, 1.807) is 24.3 Å². The molecule has 0 unspecified atom stereocenters. The lowest BCUT2D eigenvalue weighted by Gasteiger charge is -2.19. The minimum atomic E-state index is -3.93. The second kappa shape index (κ2) is 10.9. The lowest BCUT2D eigenvalue weighted by molar-refractivity contribution is 0.0951. The van der Waals surface area contributed by atoms with Crippen LogP contribution in [0.4, 0.5) is 5.69 Å². The summed E-state index contributed by atoms with van der Waals surface area (Å²) >= 11 is 5.89. The van der Waals surface area contributed by atoms with E-state index in [9.17, 15) is 18.0 Å². The van der Waals surface area contributed by atoms with Crippen LogP contribution in [-0.4, -0.2) is 32.9 Å². The highest BCUT2D eigenvalue weighted by Crippen LogP contribution is 2.25. The van der Waals surface area contributed by atoms with Crippen LogP contribution in [0.25, 0.3) is 10.9 Å². The molecule has 3 aromatic rings. The average molecular weight is 490 g/mol. The van der Waals surface area contributed by atoms with Gasteiger partial charge in [-0.3, -0.25) is 13.9 Å². The zero-order valence-electron chi connectivity index (χ0n) is 18.7. The van der Waals surface area contributed by atoms with Crippen LogP contribution < -0.4 is 15.1 Å². The van der Waals surface area contributed by atoms with E-state index in [-0.39, 0.29) is 15.8 Å². The summed E-state index contributed by atoms with van der Waals surface area (Å²) in [6.07, 6.45) is 6.65. The number of carbonyl (C=O) groups excluding carboxylic acids is 1. The van der Waals surface area contributed by atoms with Crippen LogP contribution in [0, 0.1) is 0 Å². The molecule has 33 heavy (non-hydrogen) atoms. The Balaban J connectivity index is 1.84. The maximum absolute atomic E-state index is 13.1. The van der Waals surface area contributed by atoms with Crippen molar-refractivity contribution in [1.82, 2.24) is 10.3 Å². The number of carbonyl (C=O) groups is 1. The molecule has 0 aliphatic rings. The molecule has 9 heteroatoms. The number of aromatic amines is 1. The monoisotopic (exact) mass is 489 g/mol. The van der Waals surface area contributed by atoms with Gasteiger partial charge in [0.15, 0.2) is 0 Å². The van der Waals surface area contributed by atoms with Crippen LogP contribution in [0.2, 0.25) is 5.02 Å². The highest BCUT2D eigenvalue weighted by atomic mass is 35.5. The summed E-state index contributed by atoms with van der Waals surface area (Å²) in [5.41, 5.74) is 0.319. The number of benzene rings is 2. The van der Waals surface area contributed by atoms with Gasteiger partial charge >= 0.3 is 0 Å². The van der Waals surface area contributed by atoms with Gasteiger partial charge in [0.25, 0.3) is 15.9 Å². The predicted octanol–water partition coefficient (Wildman–Crippen LogP) is 4.71. The van der Waals surface area contributed by atoms with Crippen LogP contribution >= 0.6 is 11.6 Å². The first-order valence-corrected chi connectivity index (χ1v) is 12.8. The first-order valence-electron chi connectivity index (χ1n) is 10.9. The molecule has 0 spiro atoms. The Morgan fingerprint density at radius 3 is 2.45 bits per heavy atom. The van der Waals surface area contributed by atoms with Crippen LogP contribution in [0.5, 0.6) is 0 Å². The number of sulfonamides is 1. The molecule has 0 atom stereocenters. The molecule has 1 aromatic heterocycles. The second-order valence-electron chi connectivity index (χ2n) is 7.86. The van der Waals surface area contributed by atoms with E-state index in [2.05, 4.69) is 17.2 Å². The molecule has 0 bridgehead atoms. The summed E-state index contributed by atoms with van der Waals surface area (Å²) in [6.45, 7) is 2.63. The zero-order chi connectivity index (χ0) is 24.0. The molecule has 0 saturated carbocycles. The molecule has 0 aliphatic heterocycles. The third-order valence-electron chi connectivity index (χ3n) is 5.51. The van der Waals surface area contributed by atoms with Crippen LogP contribution in [-0.2, 0) is 10.0 Å². The van der Waals surface area contributed by atoms with E-state index in [0.29, 0.717) is 22.8 Å². The topological polar surface area (TPSA) is 99.3 Å². The van der Waals surface area contributed by atoms with E-state index in [1.165, 1.54) is 31.4 Å².